The molecule has 3 heteroatoms. The predicted octanol–water partition coefficient (Wildman–Crippen LogP) is 0.544. The van der Waals surface area contributed by atoms with Gasteiger partial charge >= 0.3 is 0 Å². The SMILES string of the molecule is C=CCC1COC(CO)OC1. The van der Waals surface area contributed by atoms with Gasteiger partial charge in [-0.15, -0.1) is 6.58 Å². The topological polar surface area (TPSA) is 38.7 Å². The maximum absolute atomic E-state index is 8.64. The molecule has 0 saturated carbocycles. The monoisotopic (exact) mass is 158 g/mol. The van der Waals surface area contributed by atoms with E-state index in [0.29, 0.717) is 19.1 Å². The minimum absolute atomic E-state index is 0.0548. The van der Waals surface area contributed by atoms with Crippen molar-refractivity contribution in [1.82, 2.24) is 0 Å². The molecule has 11 heavy (non-hydrogen) atoms. The summed E-state index contributed by atoms with van der Waals surface area (Å²) in [5.74, 6) is 0.412. The van der Waals surface area contributed by atoms with Crippen LogP contribution in [0.15, 0.2) is 12.7 Å². The summed E-state index contributed by atoms with van der Waals surface area (Å²) in [6, 6.07) is 0. The Bertz CT molecular complexity index is 117. The fraction of sp³-hybridized carbons (Fsp3) is 0.750. The molecular weight excluding hydrogens is 144 g/mol. The second-order valence-corrected chi connectivity index (χ2v) is 2.67. The highest BCUT2D eigenvalue weighted by atomic mass is 16.7. The third-order valence-corrected chi connectivity index (χ3v) is 1.68. The average molecular weight is 158 g/mol. The minimum atomic E-state index is -0.406. The number of aliphatic hydroxyl groups is 1. The van der Waals surface area contributed by atoms with Crippen LogP contribution in [-0.4, -0.2) is 31.2 Å². The van der Waals surface area contributed by atoms with Crippen LogP contribution in [0.4, 0.5) is 0 Å². The standard InChI is InChI=1S/C8H14O3/c1-2-3-7-5-10-8(4-9)11-6-7/h2,7-9H,1,3-6H2. The van der Waals surface area contributed by atoms with Crippen molar-refractivity contribution in [3.05, 3.63) is 12.7 Å². The molecule has 0 atom stereocenters. The Kier molecular flexibility index (Phi) is 3.56. The zero-order chi connectivity index (χ0) is 8.10. The lowest BCUT2D eigenvalue weighted by Crippen LogP contribution is -2.33. The average Bonchev–Trinajstić information content (AvgIpc) is 2.07. The van der Waals surface area contributed by atoms with Gasteiger partial charge in [-0.3, -0.25) is 0 Å². The number of hydrogen-bond donors (Lipinski definition) is 1. The normalized spacial score (nSPS) is 31.7. The molecule has 0 unspecified atom stereocenters. The summed E-state index contributed by atoms with van der Waals surface area (Å²) in [7, 11) is 0. The molecule has 1 N–H and O–H groups in total. The lowest BCUT2D eigenvalue weighted by Gasteiger charge is -2.27. The Labute approximate surface area is 66.6 Å². The van der Waals surface area contributed by atoms with E-state index in [1.165, 1.54) is 0 Å². The van der Waals surface area contributed by atoms with E-state index in [-0.39, 0.29) is 6.61 Å². The van der Waals surface area contributed by atoms with E-state index < -0.39 is 6.29 Å². The zero-order valence-corrected chi connectivity index (χ0v) is 6.53. The number of ether oxygens (including phenoxy) is 2. The van der Waals surface area contributed by atoms with Gasteiger partial charge < -0.3 is 14.6 Å². The third kappa shape index (κ3) is 2.61. The van der Waals surface area contributed by atoms with Crippen LogP contribution in [0.1, 0.15) is 6.42 Å². The van der Waals surface area contributed by atoms with Crippen molar-refractivity contribution in [1.29, 1.82) is 0 Å². The van der Waals surface area contributed by atoms with Crippen molar-refractivity contribution in [2.24, 2.45) is 5.92 Å². The van der Waals surface area contributed by atoms with Crippen LogP contribution in [0.5, 0.6) is 0 Å². The number of rotatable bonds is 3. The Morgan fingerprint density at radius 2 is 2.09 bits per heavy atom. The quantitative estimate of drug-likeness (QED) is 0.609. The van der Waals surface area contributed by atoms with Gasteiger partial charge in [-0.2, -0.15) is 0 Å². The molecule has 0 radical (unpaired) electrons. The van der Waals surface area contributed by atoms with E-state index in [0.717, 1.165) is 6.42 Å². The molecule has 0 aromatic heterocycles. The zero-order valence-electron chi connectivity index (χ0n) is 6.53. The summed E-state index contributed by atoms with van der Waals surface area (Å²) in [6.45, 7) is 4.91. The highest BCUT2D eigenvalue weighted by molar-refractivity contribution is 4.74. The fourth-order valence-corrected chi connectivity index (χ4v) is 1.06. The first-order valence-corrected chi connectivity index (χ1v) is 3.81. The van der Waals surface area contributed by atoms with Crippen molar-refractivity contribution < 1.29 is 14.6 Å². The molecule has 0 bridgehead atoms. The van der Waals surface area contributed by atoms with Crippen molar-refractivity contribution >= 4 is 0 Å². The molecule has 0 aromatic rings. The third-order valence-electron chi connectivity index (χ3n) is 1.68. The molecule has 0 aliphatic carbocycles. The van der Waals surface area contributed by atoms with Crippen LogP contribution < -0.4 is 0 Å². The van der Waals surface area contributed by atoms with Gasteiger partial charge in [0.1, 0.15) is 0 Å². The molecule has 3 nitrogen and oxygen atoms in total. The smallest absolute Gasteiger partial charge is 0.180 e. The molecule has 1 saturated heterocycles. The number of aliphatic hydroxyl groups excluding tert-OH is 1. The van der Waals surface area contributed by atoms with Gasteiger partial charge in [-0.05, 0) is 6.42 Å². The lowest BCUT2D eigenvalue weighted by atomic mass is 10.1. The van der Waals surface area contributed by atoms with Crippen LogP contribution in [0, 0.1) is 5.92 Å². The second-order valence-electron chi connectivity index (χ2n) is 2.67. The van der Waals surface area contributed by atoms with Crippen LogP contribution in [0.3, 0.4) is 0 Å². The minimum Gasteiger partial charge on any atom is -0.391 e. The van der Waals surface area contributed by atoms with E-state index in [1.54, 1.807) is 0 Å². The van der Waals surface area contributed by atoms with E-state index in [2.05, 4.69) is 6.58 Å². The number of hydrogen-bond acceptors (Lipinski definition) is 3. The van der Waals surface area contributed by atoms with Crippen molar-refractivity contribution in [3.8, 4) is 0 Å². The Morgan fingerprint density at radius 3 is 2.55 bits per heavy atom. The molecular formula is C8H14O3. The Morgan fingerprint density at radius 1 is 1.45 bits per heavy atom. The summed E-state index contributed by atoms with van der Waals surface area (Å²) >= 11 is 0. The molecule has 1 aliphatic heterocycles. The van der Waals surface area contributed by atoms with Crippen molar-refractivity contribution in [2.45, 2.75) is 12.7 Å². The lowest BCUT2D eigenvalue weighted by molar-refractivity contribution is -0.214. The van der Waals surface area contributed by atoms with E-state index in [4.69, 9.17) is 14.6 Å². The first-order chi connectivity index (χ1) is 5.36. The van der Waals surface area contributed by atoms with Gasteiger partial charge in [0.15, 0.2) is 6.29 Å². The summed E-state index contributed by atoms with van der Waals surface area (Å²) in [4.78, 5) is 0. The van der Waals surface area contributed by atoms with Crippen LogP contribution in [-0.2, 0) is 9.47 Å². The molecule has 0 aromatic carbocycles. The summed E-state index contributed by atoms with van der Waals surface area (Å²) in [6.07, 6.45) is 2.37. The first-order valence-electron chi connectivity index (χ1n) is 3.81. The number of allylic oxidation sites excluding steroid dienone is 1. The van der Waals surface area contributed by atoms with Gasteiger partial charge in [0.2, 0.25) is 0 Å². The van der Waals surface area contributed by atoms with E-state index >= 15 is 0 Å². The maximum atomic E-state index is 8.64. The highest BCUT2D eigenvalue weighted by Gasteiger charge is 2.19. The highest BCUT2D eigenvalue weighted by Crippen LogP contribution is 2.13. The van der Waals surface area contributed by atoms with Gasteiger partial charge in [0.25, 0.3) is 0 Å². The van der Waals surface area contributed by atoms with Gasteiger partial charge in [0, 0.05) is 5.92 Å². The van der Waals surface area contributed by atoms with Gasteiger partial charge in [-0.1, -0.05) is 6.08 Å². The fourth-order valence-electron chi connectivity index (χ4n) is 1.06. The summed E-state index contributed by atoms with van der Waals surface area (Å²) < 4.78 is 10.3. The van der Waals surface area contributed by atoms with Gasteiger partial charge in [0.05, 0.1) is 19.8 Å². The van der Waals surface area contributed by atoms with Crippen LogP contribution >= 0.6 is 0 Å². The van der Waals surface area contributed by atoms with E-state index in [9.17, 15) is 0 Å². The van der Waals surface area contributed by atoms with Crippen LogP contribution in [0.25, 0.3) is 0 Å². The van der Waals surface area contributed by atoms with E-state index in [1.807, 2.05) is 6.08 Å². The predicted molar refractivity (Wildman–Crippen MR) is 41.1 cm³/mol. The summed E-state index contributed by atoms with van der Waals surface area (Å²) in [5.41, 5.74) is 0. The summed E-state index contributed by atoms with van der Waals surface area (Å²) in [5, 5.41) is 8.64. The molecule has 1 heterocycles. The molecule has 64 valence electrons. The first kappa shape index (κ1) is 8.71. The molecule has 0 spiro atoms. The van der Waals surface area contributed by atoms with Crippen molar-refractivity contribution in [3.63, 3.8) is 0 Å². The molecule has 0 amide bonds. The van der Waals surface area contributed by atoms with Crippen molar-refractivity contribution in [2.75, 3.05) is 19.8 Å². The second kappa shape index (κ2) is 4.49. The maximum Gasteiger partial charge on any atom is 0.180 e. The Hall–Kier alpha value is -0.380. The van der Waals surface area contributed by atoms with Crippen LogP contribution in [0.2, 0.25) is 0 Å². The van der Waals surface area contributed by atoms with Gasteiger partial charge in [-0.25, -0.2) is 0 Å². The molecule has 1 rings (SSSR count). The molecule has 1 aliphatic rings. The largest absolute Gasteiger partial charge is 0.391 e. The Balaban J connectivity index is 2.18. The molecule has 1 fully saturated rings.